The van der Waals surface area contributed by atoms with Gasteiger partial charge in [0.05, 0.1) is 0 Å². The van der Waals surface area contributed by atoms with Gasteiger partial charge >= 0.3 is 0 Å². The Labute approximate surface area is 116 Å². The van der Waals surface area contributed by atoms with Gasteiger partial charge in [0.1, 0.15) is 5.78 Å². The van der Waals surface area contributed by atoms with Crippen LogP contribution in [0.25, 0.3) is 0 Å². The predicted molar refractivity (Wildman–Crippen MR) is 79.4 cm³/mol. The Hall–Kier alpha value is -1.15. The van der Waals surface area contributed by atoms with Crippen molar-refractivity contribution in [2.45, 2.75) is 64.8 Å². The third-order valence-electron chi connectivity index (χ3n) is 4.36. The van der Waals surface area contributed by atoms with E-state index in [-0.39, 0.29) is 5.54 Å². The molecule has 0 bridgehead atoms. The topological polar surface area (TPSA) is 43.1 Å². The van der Waals surface area contributed by atoms with Crippen molar-refractivity contribution in [1.29, 1.82) is 0 Å². The van der Waals surface area contributed by atoms with E-state index in [4.69, 9.17) is 5.73 Å². The predicted octanol–water partition coefficient (Wildman–Crippen LogP) is 3.39. The molecule has 0 aromatic heterocycles. The molecule has 0 atom stereocenters. The second kappa shape index (κ2) is 5.46. The summed E-state index contributed by atoms with van der Waals surface area (Å²) < 4.78 is 0. The zero-order chi connectivity index (χ0) is 14.0. The molecule has 0 radical (unpaired) electrons. The van der Waals surface area contributed by atoms with Gasteiger partial charge in [-0.25, -0.2) is 0 Å². The average Bonchev–Trinajstić information content (AvgIpc) is 2.70. The van der Waals surface area contributed by atoms with Crippen LogP contribution < -0.4 is 5.73 Å². The molecule has 1 aromatic carbocycles. The Balaban J connectivity index is 2.07. The van der Waals surface area contributed by atoms with Crippen LogP contribution in [0.3, 0.4) is 0 Å². The highest BCUT2D eigenvalue weighted by Crippen LogP contribution is 2.31. The van der Waals surface area contributed by atoms with Gasteiger partial charge in [-0.3, -0.25) is 4.79 Å². The molecule has 2 rings (SSSR count). The normalized spacial score (nSPS) is 17.7. The van der Waals surface area contributed by atoms with Gasteiger partial charge in [0.15, 0.2) is 0 Å². The molecule has 1 aliphatic rings. The molecule has 2 N–H and O–H groups in total. The van der Waals surface area contributed by atoms with Crippen LogP contribution in [-0.2, 0) is 11.2 Å². The minimum atomic E-state index is -0.219. The highest BCUT2D eigenvalue weighted by Gasteiger charge is 2.31. The molecule has 1 saturated carbocycles. The van der Waals surface area contributed by atoms with Crippen LogP contribution in [0.2, 0.25) is 0 Å². The molecule has 1 fully saturated rings. The van der Waals surface area contributed by atoms with Gasteiger partial charge in [-0.15, -0.1) is 0 Å². The first-order valence-corrected chi connectivity index (χ1v) is 7.27. The van der Waals surface area contributed by atoms with Crippen LogP contribution in [0.15, 0.2) is 12.1 Å². The summed E-state index contributed by atoms with van der Waals surface area (Å²) in [6.45, 7) is 6.28. The second-order valence-corrected chi connectivity index (χ2v) is 6.34. The summed E-state index contributed by atoms with van der Waals surface area (Å²) in [5.74, 6) is 0.291. The van der Waals surface area contributed by atoms with E-state index in [1.54, 1.807) is 0 Å². The van der Waals surface area contributed by atoms with E-state index in [1.807, 2.05) is 0 Å². The van der Waals surface area contributed by atoms with E-state index in [9.17, 15) is 4.79 Å². The molecule has 1 aromatic rings. The fraction of sp³-hybridized carbons (Fsp3) is 0.588. The van der Waals surface area contributed by atoms with Gasteiger partial charge in [-0.2, -0.15) is 0 Å². The number of ketones is 1. The van der Waals surface area contributed by atoms with Crippen LogP contribution in [0.4, 0.5) is 0 Å². The van der Waals surface area contributed by atoms with E-state index in [0.29, 0.717) is 18.6 Å². The number of nitrogens with two attached hydrogens (primary N) is 1. The maximum atomic E-state index is 12.3. The lowest BCUT2D eigenvalue weighted by atomic mass is 9.88. The third kappa shape index (κ3) is 3.44. The molecule has 0 aliphatic heterocycles. The first-order valence-electron chi connectivity index (χ1n) is 7.27. The maximum Gasteiger partial charge on any atom is 0.139 e. The Morgan fingerprint density at radius 3 is 2.21 bits per heavy atom. The summed E-state index contributed by atoms with van der Waals surface area (Å²) in [5.41, 5.74) is 11.0. The first kappa shape index (κ1) is 14.3. The van der Waals surface area contributed by atoms with E-state index in [0.717, 1.165) is 12.8 Å². The fourth-order valence-electron chi connectivity index (χ4n) is 3.40. The van der Waals surface area contributed by atoms with Gasteiger partial charge in [-0.1, -0.05) is 30.5 Å². The molecule has 0 saturated heterocycles. The standard InChI is InChI=1S/C17H25NO/c1-12-8-13(2)16(14(3)9-12)10-15(19)11-17(18)6-4-5-7-17/h8-9H,4-7,10-11,18H2,1-3H3. The largest absolute Gasteiger partial charge is 0.325 e. The summed E-state index contributed by atoms with van der Waals surface area (Å²) in [5, 5.41) is 0. The fourth-order valence-corrected chi connectivity index (χ4v) is 3.40. The molecular weight excluding hydrogens is 234 g/mol. The van der Waals surface area contributed by atoms with E-state index in [1.165, 1.54) is 35.1 Å². The molecule has 0 heterocycles. The van der Waals surface area contributed by atoms with E-state index < -0.39 is 0 Å². The van der Waals surface area contributed by atoms with Crippen LogP contribution >= 0.6 is 0 Å². The average molecular weight is 259 g/mol. The van der Waals surface area contributed by atoms with Crippen molar-refractivity contribution in [3.8, 4) is 0 Å². The van der Waals surface area contributed by atoms with Gasteiger partial charge in [0.25, 0.3) is 0 Å². The number of benzene rings is 1. The molecule has 19 heavy (non-hydrogen) atoms. The van der Waals surface area contributed by atoms with Gasteiger partial charge in [0.2, 0.25) is 0 Å². The zero-order valence-electron chi connectivity index (χ0n) is 12.4. The van der Waals surface area contributed by atoms with E-state index in [2.05, 4.69) is 32.9 Å². The molecule has 104 valence electrons. The van der Waals surface area contributed by atoms with E-state index >= 15 is 0 Å². The molecule has 1 aliphatic carbocycles. The van der Waals surface area contributed by atoms with Gasteiger partial charge in [-0.05, 0) is 50.3 Å². The first-order chi connectivity index (χ1) is 8.89. The molecule has 0 amide bonds. The quantitative estimate of drug-likeness (QED) is 0.900. The van der Waals surface area contributed by atoms with Crippen molar-refractivity contribution < 1.29 is 4.79 Å². The minimum Gasteiger partial charge on any atom is -0.325 e. The third-order valence-corrected chi connectivity index (χ3v) is 4.36. The number of Topliss-reactive ketones (excluding diaryl/α,β-unsaturated/α-hetero) is 1. The molecule has 2 nitrogen and oxygen atoms in total. The van der Waals surface area contributed by atoms with Gasteiger partial charge in [0, 0.05) is 18.4 Å². The number of carbonyl (C=O) groups is 1. The maximum absolute atomic E-state index is 12.3. The molecule has 0 unspecified atom stereocenters. The molecule has 0 spiro atoms. The van der Waals surface area contributed by atoms with Crippen LogP contribution in [0.1, 0.15) is 54.4 Å². The lowest BCUT2D eigenvalue weighted by Crippen LogP contribution is -2.39. The van der Waals surface area contributed by atoms with Crippen molar-refractivity contribution in [2.75, 3.05) is 0 Å². The van der Waals surface area contributed by atoms with Crippen molar-refractivity contribution in [3.05, 3.63) is 34.4 Å². The summed E-state index contributed by atoms with van der Waals surface area (Å²) in [6, 6.07) is 4.31. The summed E-state index contributed by atoms with van der Waals surface area (Å²) in [6.07, 6.45) is 5.44. The minimum absolute atomic E-state index is 0.219. The smallest absolute Gasteiger partial charge is 0.139 e. The lowest BCUT2D eigenvalue weighted by molar-refractivity contribution is -0.119. The van der Waals surface area contributed by atoms with Crippen LogP contribution in [-0.4, -0.2) is 11.3 Å². The van der Waals surface area contributed by atoms with Crippen LogP contribution in [0, 0.1) is 20.8 Å². The Morgan fingerprint density at radius 1 is 1.16 bits per heavy atom. The summed E-state index contributed by atoms with van der Waals surface area (Å²) in [4.78, 5) is 12.3. The molecular formula is C17H25NO. The Morgan fingerprint density at radius 2 is 1.68 bits per heavy atom. The van der Waals surface area contributed by atoms with Crippen molar-refractivity contribution in [2.24, 2.45) is 5.73 Å². The zero-order valence-corrected chi connectivity index (χ0v) is 12.4. The lowest BCUT2D eigenvalue weighted by Gasteiger charge is -2.22. The van der Waals surface area contributed by atoms with Crippen molar-refractivity contribution in [1.82, 2.24) is 0 Å². The number of rotatable bonds is 4. The number of carbonyl (C=O) groups excluding carboxylic acids is 1. The number of hydrogen-bond donors (Lipinski definition) is 1. The highest BCUT2D eigenvalue weighted by molar-refractivity contribution is 5.82. The van der Waals surface area contributed by atoms with Crippen LogP contribution in [0.5, 0.6) is 0 Å². The molecule has 2 heteroatoms. The second-order valence-electron chi connectivity index (χ2n) is 6.34. The van der Waals surface area contributed by atoms with Crippen molar-refractivity contribution >= 4 is 5.78 Å². The highest BCUT2D eigenvalue weighted by atomic mass is 16.1. The Bertz CT molecular complexity index is 461. The SMILES string of the molecule is Cc1cc(C)c(CC(=O)CC2(N)CCCC2)c(C)c1. The Kier molecular flexibility index (Phi) is 4.10. The number of aryl methyl sites for hydroxylation is 3. The summed E-state index contributed by atoms with van der Waals surface area (Å²) >= 11 is 0. The van der Waals surface area contributed by atoms with Crippen molar-refractivity contribution in [3.63, 3.8) is 0 Å². The van der Waals surface area contributed by atoms with Gasteiger partial charge < -0.3 is 5.73 Å². The number of hydrogen-bond acceptors (Lipinski definition) is 2. The summed E-state index contributed by atoms with van der Waals surface area (Å²) in [7, 11) is 0. The monoisotopic (exact) mass is 259 g/mol.